The van der Waals surface area contributed by atoms with Crippen LogP contribution in [-0.2, 0) is 6.54 Å². The lowest BCUT2D eigenvalue weighted by molar-refractivity contribution is -0.385. The smallest absolute Gasteiger partial charge is 0.311 e. The van der Waals surface area contributed by atoms with Gasteiger partial charge in [-0.3, -0.25) is 14.9 Å². The van der Waals surface area contributed by atoms with E-state index >= 15 is 0 Å². The van der Waals surface area contributed by atoms with Crippen molar-refractivity contribution >= 4 is 23.2 Å². The maximum absolute atomic E-state index is 13.1. The molecule has 0 fully saturated rings. The normalized spacial score (nSPS) is 10.7. The summed E-state index contributed by atoms with van der Waals surface area (Å²) in [5, 5.41) is 19.9. The van der Waals surface area contributed by atoms with Gasteiger partial charge in [-0.15, -0.1) is 10.2 Å². The second-order valence-corrected chi connectivity index (χ2v) is 6.99. The van der Waals surface area contributed by atoms with Crippen molar-refractivity contribution in [1.82, 2.24) is 15.1 Å². The first kappa shape index (κ1) is 22.2. The van der Waals surface area contributed by atoms with Crippen molar-refractivity contribution in [3.8, 4) is 17.2 Å². The van der Waals surface area contributed by atoms with E-state index in [9.17, 15) is 14.9 Å². The Morgan fingerprint density at radius 2 is 2.00 bits per heavy atom. The molecule has 2 aromatic carbocycles. The van der Waals surface area contributed by atoms with Gasteiger partial charge in [-0.25, -0.2) is 0 Å². The number of rotatable bonds is 9. The lowest BCUT2D eigenvalue weighted by Crippen LogP contribution is -2.31. The van der Waals surface area contributed by atoms with Gasteiger partial charge in [0.1, 0.15) is 0 Å². The van der Waals surface area contributed by atoms with Crippen molar-refractivity contribution < 1.29 is 18.9 Å². The quantitative estimate of drug-likeness (QED) is 0.345. The van der Waals surface area contributed by atoms with E-state index in [0.717, 1.165) is 0 Å². The van der Waals surface area contributed by atoms with Crippen molar-refractivity contribution in [1.29, 1.82) is 0 Å². The topological polar surface area (TPSA) is 112 Å². The summed E-state index contributed by atoms with van der Waals surface area (Å²) >= 11 is 6.17. The molecule has 162 valence electrons. The highest BCUT2D eigenvalue weighted by Gasteiger charge is 2.23. The first-order valence-corrected chi connectivity index (χ1v) is 10.1. The van der Waals surface area contributed by atoms with Gasteiger partial charge in [0.25, 0.3) is 5.91 Å². The molecular weight excluding hydrogens is 424 g/mol. The average molecular weight is 445 g/mol. The summed E-state index contributed by atoms with van der Waals surface area (Å²) in [4.78, 5) is 25.4. The number of amides is 1. The van der Waals surface area contributed by atoms with Crippen LogP contribution in [0.15, 0.2) is 46.9 Å². The number of benzene rings is 2. The lowest BCUT2D eigenvalue weighted by atomic mass is 10.1. The summed E-state index contributed by atoms with van der Waals surface area (Å²) in [6.45, 7) is 4.40. The van der Waals surface area contributed by atoms with Gasteiger partial charge in [-0.2, -0.15) is 0 Å². The monoisotopic (exact) mass is 444 g/mol. The highest BCUT2D eigenvalue weighted by molar-refractivity contribution is 6.33. The molecule has 1 amide bonds. The molecule has 3 rings (SSSR count). The SMILES string of the molecule is CCCN(Cc1nnc(-c2ccccc2Cl)o1)C(=O)c1ccc(OCC)c([N+](=O)[O-])c1. The van der Waals surface area contributed by atoms with Crippen LogP contribution >= 0.6 is 11.6 Å². The van der Waals surface area contributed by atoms with Gasteiger partial charge in [0, 0.05) is 18.2 Å². The lowest BCUT2D eigenvalue weighted by Gasteiger charge is -2.20. The second-order valence-electron chi connectivity index (χ2n) is 6.58. The summed E-state index contributed by atoms with van der Waals surface area (Å²) in [6, 6.07) is 11.2. The third kappa shape index (κ3) is 5.18. The molecule has 0 saturated carbocycles. The number of nitro groups is 1. The van der Waals surface area contributed by atoms with Crippen molar-refractivity contribution in [3.63, 3.8) is 0 Å². The van der Waals surface area contributed by atoms with E-state index in [1.54, 1.807) is 31.2 Å². The standard InChI is InChI=1S/C21H21ClN4O5/c1-3-11-25(13-19-23-24-20(31-19)15-7-5-6-8-16(15)22)21(27)14-9-10-18(30-4-2)17(12-14)26(28)29/h5-10,12H,3-4,11,13H2,1-2H3. The molecule has 0 saturated heterocycles. The fourth-order valence-corrected chi connectivity index (χ4v) is 3.22. The number of aromatic nitrogens is 2. The maximum Gasteiger partial charge on any atom is 0.311 e. The van der Waals surface area contributed by atoms with E-state index < -0.39 is 4.92 Å². The Balaban J connectivity index is 1.84. The van der Waals surface area contributed by atoms with E-state index in [0.29, 0.717) is 23.6 Å². The van der Waals surface area contributed by atoms with Crippen LogP contribution in [-0.4, -0.2) is 39.1 Å². The molecule has 0 aliphatic rings. The minimum atomic E-state index is -0.570. The predicted molar refractivity (Wildman–Crippen MR) is 114 cm³/mol. The summed E-state index contributed by atoms with van der Waals surface area (Å²) < 4.78 is 11.0. The molecule has 0 atom stereocenters. The van der Waals surface area contributed by atoms with Crippen molar-refractivity contribution in [2.45, 2.75) is 26.8 Å². The van der Waals surface area contributed by atoms with E-state index in [1.165, 1.54) is 23.1 Å². The summed E-state index contributed by atoms with van der Waals surface area (Å²) in [5.74, 6) is 0.219. The number of nitro benzene ring substituents is 1. The zero-order valence-corrected chi connectivity index (χ0v) is 17.8. The first-order chi connectivity index (χ1) is 14.9. The van der Waals surface area contributed by atoms with Crippen LogP contribution in [0.1, 0.15) is 36.5 Å². The molecule has 1 heterocycles. The molecule has 31 heavy (non-hydrogen) atoms. The van der Waals surface area contributed by atoms with Gasteiger partial charge in [-0.1, -0.05) is 30.7 Å². The summed E-state index contributed by atoms with van der Waals surface area (Å²) in [7, 11) is 0. The third-order valence-electron chi connectivity index (χ3n) is 4.38. The van der Waals surface area contributed by atoms with Crippen LogP contribution in [0.25, 0.3) is 11.5 Å². The molecule has 0 bridgehead atoms. The zero-order valence-electron chi connectivity index (χ0n) is 17.1. The summed E-state index contributed by atoms with van der Waals surface area (Å²) in [6.07, 6.45) is 0.677. The molecule has 0 aliphatic heterocycles. The third-order valence-corrected chi connectivity index (χ3v) is 4.71. The zero-order chi connectivity index (χ0) is 22.4. The molecule has 10 heteroatoms. The number of halogens is 1. The van der Waals surface area contributed by atoms with Crippen molar-refractivity contribution in [3.05, 3.63) is 69.1 Å². The highest BCUT2D eigenvalue weighted by Crippen LogP contribution is 2.29. The van der Waals surface area contributed by atoms with Crippen LogP contribution in [0.5, 0.6) is 5.75 Å². The van der Waals surface area contributed by atoms with E-state index in [2.05, 4.69) is 10.2 Å². The number of carbonyl (C=O) groups is 1. The highest BCUT2D eigenvalue weighted by atomic mass is 35.5. The Morgan fingerprint density at radius 1 is 1.23 bits per heavy atom. The van der Waals surface area contributed by atoms with Gasteiger partial charge >= 0.3 is 5.69 Å². The van der Waals surface area contributed by atoms with Gasteiger partial charge in [0.05, 0.1) is 28.7 Å². The van der Waals surface area contributed by atoms with Crippen molar-refractivity contribution in [2.24, 2.45) is 0 Å². The second kappa shape index (κ2) is 10.0. The predicted octanol–water partition coefficient (Wildman–Crippen LogP) is 4.75. The molecule has 0 unspecified atom stereocenters. The Kier molecular flexibility index (Phi) is 7.19. The van der Waals surface area contributed by atoms with Crippen LogP contribution in [0.3, 0.4) is 0 Å². The van der Waals surface area contributed by atoms with Crippen molar-refractivity contribution in [2.75, 3.05) is 13.2 Å². The van der Waals surface area contributed by atoms with Crippen LogP contribution in [0.4, 0.5) is 5.69 Å². The molecule has 0 radical (unpaired) electrons. The van der Waals surface area contributed by atoms with Gasteiger partial charge in [0.2, 0.25) is 11.8 Å². The van der Waals surface area contributed by atoms with Crippen LogP contribution in [0, 0.1) is 10.1 Å². The minimum absolute atomic E-state index is 0.0606. The minimum Gasteiger partial charge on any atom is -0.487 e. The molecule has 0 spiro atoms. The van der Waals surface area contributed by atoms with Gasteiger partial charge < -0.3 is 14.1 Å². The van der Waals surface area contributed by atoms with E-state index in [1.807, 2.05) is 6.92 Å². The number of hydrogen-bond acceptors (Lipinski definition) is 7. The summed E-state index contributed by atoms with van der Waals surface area (Å²) in [5.41, 5.74) is 0.510. The molecular formula is C21H21ClN4O5. The van der Waals surface area contributed by atoms with Crippen LogP contribution in [0.2, 0.25) is 5.02 Å². The molecule has 9 nitrogen and oxygen atoms in total. The molecule has 1 aromatic heterocycles. The van der Waals surface area contributed by atoms with E-state index in [4.69, 9.17) is 20.8 Å². The van der Waals surface area contributed by atoms with Crippen LogP contribution < -0.4 is 4.74 Å². The first-order valence-electron chi connectivity index (χ1n) is 9.72. The molecule has 0 aliphatic carbocycles. The Hall–Kier alpha value is -3.46. The Bertz CT molecular complexity index is 1090. The molecule has 3 aromatic rings. The van der Waals surface area contributed by atoms with E-state index in [-0.39, 0.29) is 47.8 Å². The maximum atomic E-state index is 13.1. The number of nitrogens with zero attached hydrogens (tertiary/aromatic N) is 4. The number of hydrogen-bond donors (Lipinski definition) is 0. The largest absolute Gasteiger partial charge is 0.487 e. The fourth-order valence-electron chi connectivity index (χ4n) is 3.00. The Morgan fingerprint density at radius 3 is 2.68 bits per heavy atom. The van der Waals surface area contributed by atoms with Gasteiger partial charge in [0.15, 0.2) is 5.75 Å². The van der Waals surface area contributed by atoms with Gasteiger partial charge in [-0.05, 0) is 37.6 Å². The average Bonchev–Trinajstić information content (AvgIpc) is 3.22. The fraction of sp³-hybridized carbons (Fsp3) is 0.286. The Labute approximate surface area is 183 Å². The number of ether oxygens (including phenoxy) is 1. The molecule has 0 N–H and O–H groups in total. The number of carbonyl (C=O) groups excluding carboxylic acids is 1.